The lowest BCUT2D eigenvalue weighted by molar-refractivity contribution is -0.133. The molecule has 3 heterocycles. The first kappa shape index (κ1) is 21.6. The molecule has 1 fully saturated rings. The molecule has 0 bridgehead atoms. The van der Waals surface area contributed by atoms with Crippen molar-refractivity contribution < 1.29 is 18.6 Å². The Hall–Kier alpha value is -3.22. The lowest BCUT2D eigenvalue weighted by Gasteiger charge is -2.40. The van der Waals surface area contributed by atoms with Crippen molar-refractivity contribution in [1.29, 1.82) is 0 Å². The smallest absolute Gasteiger partial charge is 0.266 e. The van der Waals surface area contributed by atoms with Gasteiger partial charge in [-0.05, 0) is 55.0 Å². The van der Waals surface area contributed by atoms with Crippen LogP contribution in [0.3, 0.4) is 0 Å². The van der Waals surface area contributed by atoms with Crippen molar-refractivity contribution in [1.82, 2.24) is 4.57 Å². The molecule has 0 atom stereocenters. The molecular formula is C26H24ClNO5. The van der Waals surface area contributed by atoms with E-state index in [2.05, 4.69) is 6.92 Å². The zero-order valence-electron chi connectivity index (χ0n) is 18.5. The van der Waals surface area contributed by atoms with Gasteiger partial charge in [-0.25, -0.2) is 0 Å². The summed E-state index contributed by atoms with van der Waals surface area (Å²) in [5.41, 5.74) is 1.95. The lowest BCUT2D eigenvalue weighted by Crippen LogP contribution is -2.46. The first-order chi connectivity index (χ1) is 16.0. The van der Waals surface area contributed by atoms with Crippen LogP contribution in [0, 0.1) is 5.41 Å². The van der Waals surface area contributed by atoms with Crippen molar-refractivity contribution in [3.8, 4) is 28.5 Å². The quantitative estimate of drug-likeness (QED) is 0.349. The number of benzene rings is 2. The summed E-state index contributed by atoms with van der Waals surface area (Å²) >= 11 is 5.98. The minimum absolute atomic E-state index is 0.0642. The highest BCUT2D eigenvalue weighted by Gasteiger charge is 2.37. The summed E-state index contributed by atoms with van der Waals surface area (Å²) in [6, 6.07) is 16.3. The third-order valence-corrected chi connectivity index (χ3v) is 6.49. The molecule has 7 heteroatoms. The lowest BCUT2D eigenvalue weighted by atomic mass is 9.84. The molecule has 1 saturated heterocycles. The molecule has 170 valence electrons. The fourth-order valence-corrected chi connectivity index (χ4v) is 4.06. The van der Waals surface area contributed by atoms with Crippen LogP contribution in [0.1, 0.15) is 13.3 Å². The maximum Gasteiger partial charge on any atom is 0.266 e. The summed E-state index contributed by atoms with van der Waals surface area (Å²) in [6.45, 7) is 4.13. The predicted molar refractivity (Wildman–Crippen MR) is 128 cm³/mol. The van der Waals surface area contributed by atoms with E-state index in [0.29, 0.717) is 58.8 Å². The van der Waals surface area contributed by atoms with Crippen molar-refractivity contribution >= 4 is 22.6 Å². The summed E-state index contributed by atoms with van der Waals surface area (Å²) < 4.78 is 24.5. The Morgan fingerprint density at radius 3 is 2.52 bits per heavy atom. The van der Waals surface area contributed by atoms with Gasteiger partial charge in [-0.15, -0.1) is 0 Å². The van der Waals surface area contributed by atoms with Gasteiger partial charge >= 0.3 is 0 Å². The van der Waals surface area contributed by atoms with E-state index in [4.69, 9.17) is 30.2 Å². The van der Waals surface area contributed by atoms with E-state index in [1.54, 1.807) is 48.2 Å². The van der Waals surface area contributed by atoms with Crippen LogP contribution < -0.4 is 15.0 Å². The Kier molecular flexibility index (Phi) is 5.64. The minimum Gasteiger partial charge on any atom is -0.493 e. The molecule has 0 aliphatic carbocycles. The van der Waals surface area contributed by atoms with Gasteiger partial charge in [0.1, 0.15) is 11.3 Å². The zero-order valence-corrected chi connectivity index (χ0v) is 19.2. The van der Waals surface area contributed by atoms with Crippen molar-refractivity contribution in [3.63, 3.8) is 0 Å². The molecule has 2 aromatic heterocycles. The summed E-state index contributed by atoms with van der Waals surface area (Å²) in [7, 11) is 1.59. The van der Waals surface area contributed by atoms with Gasteiger partial charge in [0.15, 0.2) is 11.5 Å². The van der Waals surface area contributed by atoms with Crippen LogP contribution in [0.4, 0.5) is 0 Å². The van der Waals surface area contributed by atoms with Crippen LogP contribution in [0.15, 0.2) is 70.0 Å². The van der Waals surface area contributed by atoms with E-state index in [0.717, 1.165) is 12.0 Å². The average molecular weight is 466 g/mol. The Labute approximate surface area is 196 Å². The largest absolute Gasteiger partial charge is 0.493 e. The minimum atomic E-state index is -0.177. The van der Waals surface area contributed by atoms with Crippen molar-refractivity contribution in [2.45, 2.75) is 13.3 Å². The maximum atomic E-state index is 13.3. The van der Waals surface area contributed by atoms with Crippen LogP contribution in [0.5, 0.6) is 11.5 Å². The number of halogens is 1. The average Bonchev–Trinajstić information content (AvgIpc) is 3.25. The third-order valence-electron chi connectivity index (χ3n) is 6.24. The Balaban J connectivity index is 1.46. The third kappa shape index (κ3) is 4.01. The molecule has 1 aliphatic rings. The first-order valence-corrected chi connectivity index (χ1v) is 11.2. The number of methoxy groups -OCH3 is 1. The normalized spacial score (nSPS) is 14.8. The van der Waals surface area contributed by atoms with Crippen LogP contribution >= 0.6 is 11.6 Å². The Morgan fingerprint density at radius 1 is 1.06 bits per heavy atom. The van der Waals surface area contributed by atoms with E-state index < -0.39 is 0 Å². The number of nitrogens with zero attached hydrogens (tertiary/aromatic N) is 1. The molecule has 0 saturated carbocycles. The van der Waals surface area contributed by atoms with Gasteiger partial charge in [0.25, 0.3) is 5.56 Å². The first-order valence-electron chi connectivity index (χ1n) is 10.8. The number of ether oxygens (including phenoxy) is 3. The number of furan rings is 1. The number of hydrogen-bond acceptors (Lipinski definition) is 5. The molecule has 0 amide bonds. The number of pyridine rings is 1. The molecular weight excluding hydrogens is 442 g/mol. The highest BCUT2D eigenvalue weighted by Crippen LogP contribution is 2.35. The van der Waals surface area contributed by atoms with E-state index in [-0.39, 0.29) is 11.0 Å². The van der Waals surface area contributed by atoms with Crippen molar-refractivity contribution in [2.24, 2.45) is 5.41 Å². The van der Waals surface area contributed by atoms with Gasteiger partial charge in [-0.3, -0.25) is 9.36 Å². The zero-order chi connectivity index (χ0) is 23.0. The van der Waals surface area contributed by atoms with E-state index in [1.807, 2.05) is 24.3 Å². The molecule has 5 rings (SSSR count). The summed E-state index contributed by atoms with van der Waals surface area (Å²) in [6.07, 6.45) is 2.69. The summed E-state index contributed by atoms with van der Waals surface area (Å²) in [5.74, 6) is 1.83. The van der Waals surface area contributed by atoms with Crippen LogP contribution in [-0.2, 0) is 4.74 Å². The van der Waals surface area contributed by atoms with Crippen molar-refractivity contribution in [2.75, 3.05) is 26.9 Å². The Bertz CT molecular complexity index is 1350. The molecule has 1 aliphatic heterocycles. The highest BCUT2D eigenvalue weighted by atomic mass is 35.5. The predicted octanol–water partition coefficient (Wildman–Crippen LogP) is 5.72. The monoisotopic (exact) mass is 465 g/mol. The molecule has 0 unspecified atom stereocenters. The SMILES string of the molecule is CCC1(COc2ccc(-n3ccc4oc(-c5ccc(Cl)cc5)cc4c3=O)cc2OC)COC1. The fourth-order valence-electron chi connectivity index (χ4n) is 3.93. The van der Waals surface area contributed by atoms with Crippen LogP contribution in [-0.4, -0.2) is 31.5 Å². The second-order valence-electron chi connectivity index (χ2n) is 8.36. The van der Waals surface area contributed by atoms with Gasteiger partial charge in [0, 0.05) is 22.8 Å². The number of aromatic nitrogens is 1. The van der Waals surface area contributed by atoms with Gasteiger partial charge < -0.3 is 18.6 Å². The van der Waals surface area contributed by atoms with E-state index in [1.165, 1.54) is 0 Å². The summed E-state index contributed by atoms with van der Waals surface area (Å²) in [5, 5.41) is 1.14. The molecule has 2 aromatic carbocycles. The molecule has 4 aromatic rings. The second kappa shape index (κ2) is 8.61. The highest BCUT2D eigenvalue weighted by molar-refractivity contribution is 6.30. The fraction of sp³-hybridized carbons (Fsp3) is 0.269. The topological polar surface area (TPSA) is 62.8 Å². The number of fused-ring (bicyclic) bond motifs is 1. The molecule has 33 heavy (non-hydrogen) atoms. The Morgan fingerprint density at radius 2 is 1.85 bits per heavy atom. The van der Waals surface area contributed by atoms with Crippen molar-refractivity contribution in [3.05, 3.63) is 76.2 Å². The molecule has 6 nitrogen and oxygen atoms in total. The molecule has 0 spiro atoms. The number of hydrogen-bond donors (Lipinski definition) is 0. The number of rotatable bonds is 7. The van der Waals surface area contributed by atoms with Crippen LogP contribution in [0.2, 0.25) is 5.02 Å². The van der Waals surface area contributed by atoms with E-state index in [9.17, 15) is 4.79 Å². The van der Waals surface area contributed by atoms with Gasteiger partial charge in [0.2, 0.25) is 0 Å². The summed E-state index contributed by atoms with van der Waals surface area (Å²) in [4.78, 5) is 13.3. The molecule has 0 radical (unpaired) electrons. The van der Waals surface area contributed by atoms with Gasteiger partial charge in [0.05, 0.1) is 43.4 Å². The van der Waals surface area contributed by atoms with Gasteiger partial charge in [-0.1, -0.05) is 18.5 Å². The standard InChI is InChI=1S/C26H24ClNO5/c1-3-26(14-31-15-26)16-32-22-9-8-19(12-24(22)30-2)28-11-10-21-20(25(28)29)13-23(33-21)17-4-6-18(27)7-5-17/h4-13H,3,14-16H2,1-2H3. The maximum absolute atomic E-state index is 13.3. The molecule has 0 N–H and O–H groups in total. The van der Waals surface area contributed by atoms with E-state index >= 15 is 0 Å². The van der Waals surface area contributed by atoms with Gasteiger partial charge in [-0.2, -0.15) is 0 Å². The van der Waals surface area contributed by atoms with Crippen LogP contribution in [0.25, 0.3) is 28.0 Å². The second-order valence-corrected chi connectivity index (χ2v) is 8.79.